The molecule has 0 heterocycles. The number of halogens is 1. The van der Waals surface area contributed by atoms with Gasteiger partial charge in [-0.3, -0.25) is 14.9 Å². The van der Waals surface area contributed by atoms with E-state index in [-0.39, 0.29) is 43.8 Å². The van der Waals surface area contributed by atoms with Crippen molar-refractivity contribution < 1.29 is 48.2 Å². The van der Waals surface area contributed by atoms with E-state index in [4.69, 9.17) is 18.9 Å². The number of carbonyl (C=O) groups excluding carboxylic acids is 3. The number of alkyl carbamates (subject to hydrolysis) is 1. The van der Waals surface area contributed by atoms with Gasteiger partial charge in [-0.05, 0) is 59.1 Å². The predicted octanol–water partition coefficient (Wildman–Crippen LogP) is 3.53. The number of rotatable bonds is 14. The van der Waals surface area contributed by atoms with Crippen molar-refractivity contribution in [3.05, 3.63) is 33.9 Å². The van der Waals surface area contributed by atoms with Crippen LogP contribution in [0.2, 0.25) is 0 Å². The Morgan fingerprint density at radius 1 is 1.08 bits per heavy atom. The summed E-state index contributed by atoms with van der Waals surface area (Å²) >= 11 is 3.18. The van der Waals surface area contributed by atoms with Crippen molar-refractivity contribution in [2.45, 2.75) is 76.5 Å². The predicted molar refractivity (Wildman–Crippen MR) is 137 cm³/mol. The van der Waals surface area contributed by atoms with Crippen LogP contribution < -0.4 is 10.1 Å². The molecule has 38 heavy (non-hydrogen) atoms. The molecule has 0 aliphatic carbocycles. The number of hydrogen-bond donors (Lipinski definition) is 2. The minimum Gasteiger partial charge on any atom is -0.480 e. The molecule has 212 valence electrons. The van der Waals surface area contributed by atoms with Crippen molar-refractivity contribution in [1.29, 1.82) is 0 Å². The summed E-state index contributed by atoms with van der Waals surface area (Å²) in [6, 6.07) is 2.27. The molecule has 0 aliphatic rings. The third kappa shape index (κ3) is 11.3. The molecular weight excluding hydrogens is 572 g/mol. The van der Waals surface area contributed by atoms with Gasteiger partial charge >= 0.3 is 29.7 Å². The van der Waals surface area contributed by atoms with E-state index in [9.17, 15) is 34.4 Å². The second-order valence-electron chi connectivity index (χ2n) is 8.96. The number of benzene rings is 1. The summed E-state index contributed by atoms with van der Waals surface area (Å²) in [5.41, 5.74) is -1.17. The molecule has 1 rings (SSSR count). The van der Waals surface area contributed by atoms with Gasteiger partial charge < -0.3 is 29.4 Å². The molecule has 1 aromatic rings. The summed E-state index contributed by atoms with van der Waals surface area (Å²) in [6.07, 6.45) is -2.42. The van der Waals surface area contributed by atoms with Crippen molar-refractivity contribution in [2.24, 2.45) is 0 Å². The van der Waals surface area contributed by atoms with E-state index in [0.717, 1.165) is 6.07 Å². The highest BCUT2D eigenvalue weighted by molar-refractivity contribution is 9.10. The first-order chi connectivity index (χ1) is 17.7. The first kappa shape index (κ1) is 32.6. The fourth-order valence-corrected chi connectivity index (χ4v) is 3.48. The molecule has 2 N–H and O–H groups in total. The van der Waals surface area contributed by atoms with Crippen LogP contribution in [0.5, 0.6) is 5.75 Å². The standard InChI is InChI=1S/C24H33BrN2O11/c1-6-35-21(30)15(25)9-11-19(22(31)36-7-2)37-18-10-8-14(13-17(18)27(33)34)12-16(20(28)29)26-23(32)38-24(3,4)5/h8,10,13,15-16,19H,6-7,9,11-12H2,1-5H3,(H,26,32)(H,28,29)/t15?,16-,19?/m0/s1. The Hall–Kier alpha value is -3.42. The Morgan fingerprint density at radius 2 is 1.68 bits per heavy atom. The molecule has 0 aliphatic heterocycles. The Kier molecular flexibility index (Phi) is 13.0. The lowest BCUT2D eigenvalue weighted by Crippen LogP contribution is -2.44. The second-order valence-corrected chi connectivity index (χ2v) is 10.1. The second kappa shape index (κ2) is 15.1. The number of amides is 1. The van der Waals surface area contributed by atoms with Crippen molar-refractivity contribution in [2.75, 3.05) is 13.2 Å². The van der Waals surface area contributed by atoms with Crippen LogP contribution >= 0.6 is 15.9 Å². The van der Waals surface area contributed by atoms with E-state index in [2.05, 4.69) is 21.2 Å². The average molecular weight is 605 g/mol. The van der Waals surface area contributed by atoms with Gasteiger partial charge in [0.2, 0.25) is 0 Å². The molecule has 1 amide bonds. The molecule has 2 unspecified atom stereocenters. The van der Waals surface area contributed by atoms with Gasteiger partial charge in [0, 0.05) is 12.5 Å². The van der Waals surface area contributed by atoms with Gasteiger partial charge in [0.15, 0.2) is 11.9 Å². The van der Waals surface area contributed by atoms with Gasteiger partial charge in [0.05, 0.1) is 18.1 Å². The minimum absolute atomic E-state index is 0.0205. The molecule has 0 fully saturated rings. The number of aliphatic carboxylic acids is 1. The number of hydrogen-bond acceptors (Lipinski definition) is 10. The maximum absolute atomic E-state index is 12.5. The van der Waals surface area contributed by atoms with Crippen LogP contribution in [0.4, 0.5) is 10.5 Å². The number of alkyl halides is 1. The molecule has 0 bridgehead atoms. The summed E-state index contributed by atoms with van der Waals surface area (Å²) in [4.78, 5) is 58.3. The van der Waals surface area contributed by atoms with Gasteiger partial charge in [-0.25, -0.2) is 14.4 Å². The molecule has 13 nitrogen and oxygen atoms in total. The van der Waals surface area contributed by atoms with E-state index < -0.39 is 57.2 Å². The zero-order valence-electron chi connectivity index (χ0n) is 21.9. The van der Waals surface area contributed by atoms with Crippen LogP contribution in [0.15, 0.2) is 18.2 Å². The van der Waals surface area contributed by atoms with Crippen molar-refractivity contribution in [1.82, 2.24) is 5.32 Å². The third-order valence-corrected chi connectivity index (χ3v) is 5.52. The van der Waals surface area contributed by atoms with E-state index in [1.54, 1.807) is 34.6 Å². The summed E-state index contributed by atoms with van der Waals surface area (Å²) < 4.78 is 20.6. The highest BCUT2D eigenvalue weighted by Crippen LogP contribution is 2.31. The van der Waals surface area contributed by atoms with Crippen LogP contribution in [0.1, 0.15) is 53.0 Å². The molecule has 1 aromatic carbocycles. The molecule has 14 heteroatoms. The Morgan fingerprint density at radius 3 is 2.21 bits per heavy atom. The van der Waals surface area contributed by atoms with Crippen LogP contribution in [0, 0.1) is 10.1 Å². The summed E-state index contributed by atoms with van der Waals surface area (Å²) in [5, 5.41) is 23.5. The summed E-state index contributed by atoms with van der Waals surface area (Å²) in [6.45, 7) is 8.29. The maximum Gasteiger partial charge on any atom is 0.408 e. The van der Waals surface area contributed by atoms with Gasteiger partial charge in [-0.1, -0.05) is 22.0 Å². The lowest BCUT2D eigenvalue weighted by Gasteiger charge is -2.22. The first-order valence-corrected chi connectivity index (χ1v) is 12.7. The summed E-state index contributed by atoms with van der Waals surface area (Å²) in [5.74, 6) is -2.93. The number of nitrogens with one attached hydrogen (secondary N) is 1. The minimum atomic E-state index is -1.43. The number of nitro benzene ring substituents is 1. The molecule has 0 saturated carbocycles. The molecular formula is C24H33BrN2O11. The van der Waals surface area contributed by atoms with E-state index >= 15 is 0 Å². The fraction of sp³-hybridized carbons (Fsp3) is 0.583. The van der Waals surface area contributed by atoms with Crippen molar-refractivity contribution in [3.8, 4) is 5.75 Å². The number of esters is 2. The fourth-order valence-electron chi connectivity index (χ4n) is 3.08. The van der Waals surface area contributed by atoms with Gasteiger partial charge in [-0.2, -0.15) is 0 Å². The molecule has 3 atom stereocenters. The smallest absolute Gasteiger partial charge is 0.408 e. The Labute approximate surface area is 228 Å². The van der Waals surface area contributed by atoms with Gasteiger partial charge in [0.1, 0.15) is 16.5 Å². The maximum atomic E-state index is 12.5. The number of carbonyl (C=O) groups is 4. The van der Waals surface area contributed by atoms with Crippen LogP contribution in [-0.4, -0.2) is 69.8 Å². The Balaban J connectivity index is 3.13. The molecule has 0 aromatic heterocycles. The average Bonchev–Trinajstić information content (AvgIpc) is 2.80. The molecule has 0 radical (unpaired) electrons. The first-order valence-electron chi connectivity index (χ1n) is 11.8. The molecule has 0 spiro atoms. The van der Waals surface area contributed by atoms with Crippen LogP contribution in [0.25, 0.3) is 0 Å². The number of nitro groups is 1. The lowest BCUT2D eigenvalue weighted by molar-refractivity contribution is -0.386. The largest absolute Gasteiger partial charge is 0.480 e. The zero-order valence-corrected chi connectivity index (χ0v) is 23.4. The number of carboxylic acids is 1. The topological polar surface area (TPSA) is 181 Å². The number of carboxylic acid groups (broad SMARTS) is 1. The van der Waals surface area contributed by atoms with E-state index in [0.29, 0.717) is 0 Å². The van der Waals surface area contributed by atoms with Crippen molar-refractivity contribution >= 4 is 45.6 Å². The van der Waals surface area contributed by atoms with Gasteiger partial charge in [0.25, 0.3) is 0 Å². The third-order valence-electron chi connectivity index (χ3n) is 4.69. The van der Waals surface area contributed by atoms with E-state index in [1.807, 2.05) is 0 Å². The molecule has 0 saturated heterocycles. The monoisotopic (exact) mass is 604 g/mol. The van der Waals surface area contributed by atoms with E-state index in [1.165, 1.54) is 12.1 Å². The Bertz CT molecular complexity index is 1010. The SMILES string of the molecule is CCOC(=O)C(Br)CCC(Oc1ccc(C[C@H](NC(=O)OC(C)(C)C)C(=O)O)cc1[N+](=O)[O-])C(=O)OCC. The lowest BCUT2D eigenvalue weighted by atomic mass is 10.0. The zero-order chi connectivity index (χ0) is 29.0. The summed E-state index contributed by atoms with van der Waals surface area (Å²) in [7, 11) is 0. The number of nitrogens with zero attached hydrogens (tertiary/aromatic N) is 1. The van der Waals surface area contributed by atoms with Crippen LogP contribution in [0.3, 0.4) is 0 Å². The normalized spacial score (nSPS) is 13.4. The number of ether oxygens (including phenoxy) is 4. The van der Waals surface area contributed by atoms with Gasteiger partial charge in [-0.15, -0.1) is 0 Å². The van der Waals surface area contributed by atoms with Crippen molar-refractivity contribution in [3.63, 3.8) is 0 Å². The highest BCUT2D eigenvalue weighted by Gasteiger charge is 2.30. The van der Waals surface area contributed by atoms with Crippen LogP contribution in [-0.2, 0) is 35.0 Å². The quantitative estimate of drug-likeness (QED) is 0.104. The highest BCUT2D eigenvalue weighted by atomic mass is 79.9.